The Labute approximate surface area is 204 Å². The van der Waals surface area contributed by atoms with Crippen LogP contribution in [0.2, 0.25) is 0 Å². The van der Waals surface area contributed by atoms with E-state index in [-0.39, 0.29) is 11.1 Å². The molecule has 1 fully saturated rings. The van der Waals surface area contributed by atoms with Gasteiger partial charge >= 0.3 is 0 Å². The Morgan fingerprint density at radius 2 is 1.33 bits per heavy atom. The van der Waals surface area contributed by atoms with Gasteiger partial charge in [0, 0.05) is 23.7 Å². The van der Waals surface area contributed by atoms with E-state index in [9.17, 15) is 0 Å². The Morgan fingerprint density at radius 1 is 0.818 bits per heavy atom. The third kappa shape index (κ3) is 12.1. The van der Waals surface area contributed by atoms with E-state index in [1.165, 1.54) is 109 Å². The largest absolute Gasteiger partial charge is 0.354 e. The van der Waals surface area contributed by atoms with E-state index in [0.717, 1.165) is 12.6 Å². The van der Waals surface area contributed by atoms with E-state index in [0.29, 0.717) is 5.95 Å². The first-order valence-electron chi connectivity index (χ1n) is 13.7. The first-order chi connectivity index (χ1) is 15.8. The molecule has 0 bridgehead atoms. The molecule has 0 aromatic carbocycles. The number of anilines is 1. The lowest BCUT2D eigenvalue weighted by molar-refractivity contribution is 0.0639. The predicted molar refractivity (Wildman–Crippen MR) is 141 cm³/mol. The van der Waals surface area contributed by atoms with Crippen LogP contribution < -0.4 is 10.6 Å². The van der Waals surface area contributed by atoms with Crippen LogP contribution in [-0.2, 0) is 0 Å². The topological polar surface area (TPSA) is 66.0 Å². The van der Waals surface area contributed by atoms with Crippen LogP contribution in [0, 0.1) is 0 Å². The molecule has 0 radical (unpaired) electrons. The fourth-order valence-corrected chi connectivity index (χ4v) is 5.57. The molecule has 190 valence electrons. The van der Waals surface area contributed by atoms with Crippen molar-refractivity contribution in [3.05, 3.63) is 12.7 Å². The second-order valence-electron chi connectivity index (χ2n) is 11.4. The van der Waals surface area contributed by atoms with Crippen LogP contribution in [0.4, 0.5) is 5.95 Å². The summed E-state index contributed by atoms with van der Waals surface area (Å²) in [6.07, 6.45) is 20.3. The van der Waals surface area contributed by atoms with Crippen molar-refractivity contribution in [2.45, 2.75) is 135 Å². The third-order valence-electron chi connectivity index (χ3n) is 6.88. The number of hydrogen-bond acceptors (Lipinski definition) is 6. The Bertz CT molecular complexity index is 602. The van der Waals surface area contributed by atoms with Crippen LogP contribution >= 0.6 is 0 Å². The minimum absolute atomic E-state index is 0.236. The van der Waals surface area contributed by atoms with Crippen LogP contribution in [-0.4, -0.2) is 56.6 Å². The van der Waals surface area contributed by atoms with Crippen LogP contribution in [0.1, 0.15) is 118 Å². The molecule has 1 aromatic rings. The molecule has 1 aliphatic heterocycles. The molecule has 0 amide bonds. The first kappa shape index (κ1) is 28.0. The lowest BCUT2D eigenvalue weighted by atomic mass is 9.79. The van der Waals surface area contributed by atoms with Crippen molar-refractivity contribution >= 4 is 5.95 Å². The smallest absolute Gasteiger partial charge is 0.225 e. The van der Waals surface area contributed by atoms with Gasteiger partial charge in [-0.15, -0.1) is 0 Å². The highest BCUT2D eigenvalue weighted by molar-refractivity contribution is 5.19. The maximum absolute atomic E-state index is 4.09. The van der Waals surface area contributed by atoms with E-state index in [4.69, 9.17) is 0 Å². The number of nitrogens with zero attached hydrogens (tertiary/aromatic N) is 4. The van der Waals surface area contributed by atoms with Gasteiger partial charge in [0.2, 0.25) is 5.95 Å². The summed E-state index contributed by atoms with van der Waals surface area (Å²) in [5.41, 5.74) is 0.472. The molecule has 2 heterocycles. The standard InChI is InChI=1S/C27H52N6/c1-6-7-18-33(24-20-26(2,3)32-27(4,5)21-24)19-16-14-12-10-8-9-11-13-15-17-29-25-30-22-28-23-31-25/h22-24,32H,6-21H2,1-5H3,(H,28,29,30,31). The van der Waals surface area contributed by atoms with Gasteiger partial charge in [-0.2, -0.15) is 0 Å². The van der Waals surface area contributed by atoms with E-state index < -0.39 is 0 Å². The van der Waals surface area contributed by atoms with Gasteiger partial charge in [0.25, 0.3) is 0 Å². The molecule has 1 aliphatic rings. The van der Waals surface area contributed by atoms with E-state index in [1.807, 2.05) is 0 Å². The maximum Gasteiger partial charge on any atom is 0.225 e. The van der Waals surface area contributed by atoms with Gasteiger partial charge in [0.15, 0.2) is 0 Å². The Balaban J connectivity index is 1.52. The summed E-state index contributed by atoms with van der Waals surface area (Å²) in [6, 6.07) is 0.724. The normalized spacial score (nSPS) is 18.0. The quantitative estimate of drug-likeness (QED) is 0.270. The zero-order valence-electron chi connectivity index (χ0n) is 22.3. The van der Waals surface area contributed by atoms with Crippen molar-refractivity contribution in [2.24, 2.45) is 0 Å². The van der Waals surface area contributed by atoms with Crippen molar-refractivity contribution < 1.29 is 0 Å². The summed E-state index contributed by atoms with van der Waals surface area (Å²) >= 11 is 0. The van der Waals surface area contributed by atoms with Crippen molar-refractivity contribution in [1.29, 1.82) is 0 Å². The van der Waals surface area contributed by atoms with Gasteiger partial charge in [-0.3, -0.25) is 0 Å². The van der Waals surface area contributed by atoms with Crippen molar-refractivity contribution in [3.63, 3.8) is 0 Å². The van der Waals surface area contributed by atoms with Crippen LogP contribution in [0.3, 0.4) is 0 Å². The van der Waals surface area contributed by atoms with Crippen molar-refractivity contribution in [1.82, 2.24) is 25.2 Å². The van der Waals surface area contributed by atoms with Gasteiger partial charge < -0.3 is 15.5 Å². The summed E-state index contributed by atoms with van der Waals surface area (Å²) in [4.78, 5) is 14.8. The Kier molecular flexibility index (Phi) is 12.6. The number of rotatable bonds is 17. The zero-order chi connectivity index (χ0) is 24.0. The molecule has 2 rings (SSSR count). The van der Waals surface area contributed by atoms with Crippen molar-refractivity contribution in [2.75, 3.05) is 25.0 Å². The number of unbranched alkanes of at least 4 members (excludes halogenated alkanes) is 9. The average Bonchev–Trinajstić information content (AvgIpc) is 2.75. The maximum atomic E-state index is 4.09. The number of hydrogen-bond donors (Lipinski definition) is 2. The molecule has 1 saturated heterocycles. The minimum Gasteiger partial charge on any atom is -0.354 e. The Morgan fingerprint density at radius 3 is 1.91 bits per heavy atom. The molecule has 2 N–H and O–H groups in total. The van der Waals surface area contributed by atoms with Crippen molar-refractivity contribution in [3.8, 4) is 0 Å². The molecule has 6 nitrogen and oxygen atoms in total. The minimum atomic E-state index is 0.236. The average molecular weight is 461 g/mol. The second kappa shape index (κ2) is 14.9. The summed E-state index contributed by atoms with van der Waals surface area (Å²) in [5.74, 6) is 0.686. The van der Waals surface area contributed by atoms with E-state index >= 15 is 0 Å². The summed E-state index contributed by atoms with van der Waals surface area (Å²) in [7, 11) is 0. The summed E-state index contributed by atoms with van der Waals surface area (Å²) < 4.78 is 0. The van der Waals surface area contributed by atoms with Gasteiger partial charge in [-0.1, -0.05) is 58.3 Å². The summed E-state index contributed by atoms with van der Waals surface area (Å²) in [5, 5.41) is 7.11. The zero-order valence-corrected chi connectivity index (χ0v) is 22.3. The summed E-state index contributed by atoms with van der Waals surface area (Å²) in [6.45, 7) is 15.3. The molecule has 33 heavy (non-hydrogen) atoms. The lowest BCUT2D eigenvalue weighted by Gasteiger charge is -2.50. The highest BCUT2D eigenvalue weighted by atomic mass is 15.2. The van der Waals surface area contributed by atoms with Crippen LogP contribution in [0.25, 0.3) is 0 Å². The SMILES string of the molecule is CCCCN(CCCCCCCCCCCNc1ncncn1)C1CC(C)(C)NC(C)(C)C1. The fraction of sp³-hybridized carbons (Fsp3) is 0.889. The van der Waals surface area contributed by atoms with Crippen LogP contribution in [0.5, 0.6) is 0 Å². The predicted octanol–water partition coefficient (Wildman–Crippen LogP) is 6.21. The molecule has 0 unspecified atom stereocenters. The van der Waals surface area contributed by atoms with Gasteiger partial charge in [0.05, 0.1) is 0 Å². The molecule has 6 heteroatoms. The number of nitrogens with one attached hydrogen (secondary N) is 2. The van der Waals surface area contributed by atoms with E-state index in [2.05, 4.69) is 65.1 Å². The van der Waals surface area contributed by atoms with Gasteiger partial charge in [-0.25, -0.2) is 15.0 Å². The highest BCUT2D eigenvalue weighted by Crippen LogP contribution is 2.32. The number of piperidine rings is 1. The number of aromatic nitrogens is 3. The molecular weight excluding hydrogens is 408 g/mol. The van der Waals surface area contributed by atoms with Gasteiger partial charge in [0.1, 0.15) is 12.7 Å². The third-order valence-corrected chi connectivity index (χ3v) is 6.88. The molecular formula is C27H52N6. The highest BCUT2D eigenvalue weighted by Gasteiger charge is 2.39. The molecule has 0 atom stereocenters. The van der Waals surface area contributed by atoms with E-state index in [1.54, 1.807) is 0 Å². The van der Waals surface area contributed by atoms with Crippen LogP contribution in [0.15, 0.2) is 12.7 Å². The first-order valence-corrected chi connectivity index (χ1v) is 13.7. The lowest BCUT2D eigenvalue weighted by Crippen LogP contribution is -2.62. The Hall–Kier alpha value is -1.27. The molecule has 0 saturated carbocycles. The fourth-order valence-electron chi connectivity index (χ4n) is 5.57. The second-order valence-corrected chi connectivity index (χ2v) is 11.4. The molecule has 0 aliphatic carbocycles. The monoisotopic (exact) mass is 460 g/mol. The molecule has 1 aromatic heterocycles. The molecule has 0 spiro atoms. The van der Waals surface area contributed by atoms with Gasteiger partial charge in [-0.05, 0) is 72.9 Å².